The molecule has 2 rings (SSSR count). The Bertz CT molecular complexity index is 415. The molecule has 0 aliphatic heterocycles. The first-order valence-electron chi connectivity index (χ1n) is 4.95. The van der Waals surface area contributed by atoms with Crippen molar-refractivity contribution in [3.63, 3.8) is 0 Å². The van der Waals surface area contributed by atoms with Gasteiger partial charge in [-0.1, -0.05) is 36.4 Å². The fraction of sp³-hybridized carbons (Fsp3) is 0.0769. The summed E-state index contributed by atoms with van der Waals surface area (Å²) in [6.45, 7) is 0.396. The lowest BCUT2D eigenvalue weighted by Gasteiger charge is -1.97. The highest BCUT2D eigenvalue weighted by molar-refractivity contribution is 5.31. The lowest BCUT2D eigenvalue weighted by Crippen LogP contribution is -1.95. The molecule has 0 aliphatic carbocycles. The summed E-state index contributed by atoms with van der Waals surface area (Å²) in [4.78, 5) is 0. The molecule has 2 aromatic rings. The maximum absolute atomic E-state index is 9.03. The van der Waals surface area contributed by atoms with Crippen LogP contribution in [0.5, 0.6) is 11.5 Å². The molecular weight excluding hydrogens is 202 g/mol. The Morgan fingerprint density at radius 2 is 1.38 bits per heavy atom. The number of hydrogen-bond acceptors (Lipinski definition) is 3. The summed E-state index contributed by atoms with van der Waals surface area (Å²) in [5, 5.41) is 17.7. The highest BCUT2D eigenvalue weighted by atomic mass is 16.3. The monoisotopic (exact) mass is 217 g/mol. The molecule has 3 heteroatoms. The first-order valence-corrected chi connectivity index (χ1v) is 4.95. The van der Waals surface area contributed by atoms with Crippen molar-refractivity contribution in [2.24, 2.45) is 5.73 Å². The van der Waals surface area contributed by atoms with Crippen LogP contribution in [-0.4, -0.2) is 10.2 Å². The van der Waals surface area contributed by atoms with E-state index >= 15 is 0 Å². The molecular formula is C13H15NO2. The highest BCUT2D eigenvalue weighted by Crippen LogP contribution is 2.13. The van der Waals surface area contributed by atoms with Gasteiger partial charge in [0.1, 0.15) is 11.5 Å². The van der Waals surface area contributed by atoms with Gasteiger partial charge < -0.3 is 15.9 Å². The van der Waals surface area contributed by atoms with Crippen LogP contribution in [0.15, 0.2) is 54.6 Å². The van der Waals surface area contributed by atoms with Crippen molar-refractivity contribution in [3.05, 3.63) is 60.2 Å². The van der Waals surface area contributed by atoms with Crippen molar-refractivity contribution in [1.29, 1.82) is 0 Å². The summed E-state index contributed by atoms with van der Waals surface area (Å²) in [6, 6.07) is 15.8. The number of phenolic OH excluding ortho intramolecular Hbond substituents is 2. The van der Waals surface area contributed by atoms with Gasteiger partial charge in [-0.15, -0.1) is 0 Å². The van der Waals surface area contributed by atoms with Crippen LogP contribution in [0.1, 0.15) is 5.56 Å². The van der Waals surface area contributed by atoms with E-state index in [0.717, 1.165) is 5.56 Å². The average molecular weight is 217 g/mol. The Morgan fingerprint density at radius 3 is 1.75 bits per heavy atom. The second-order valence-corrected chi connectivity index (χ2v) is 3.17. The van der Waals surface area contributed by atoms with Gasteiger partial charge in [0, 0.05) is 12.1 Å². The normalized spacial score (nSPS) is 9.06. The summed E-state index contributed by atoms with van der Waals surface area (Å²) >= 11 is 0. The molecule has 0 atom stereocenters. The van der Waals surface area contributed by atoms with Crippen molar-refractivity contribution in [3.8, 4) is 11.5 Å². The number of nitrogens with two attached hydrogens (primary N) is 1. The quantitative estimate of drug-likeness (QED) is 0.686. The van der Waals surface area contributed by atoms with Crippen LogP contribution in [0.4, 0.5) is 0 Å². The molecule has 0 amide bonds. The topological polar surface area (TPSA) is 66.5 Å². The molecule has 3 nitrogen and oxygen atoms in total. The lowest BCUT2D eigenvalue weighted by molar-refractivity contribution is 0.468. The van der Waals surface area contributed by atoms with Crippen LogP contribution >= 0.6 is 0 Å². The van der Waals surface area contributed by atoms with Crippen LogP contribution in [0, 0.1) is 0 Å². The smallest absolute Gasteiger partial charge is 0.120 e. The minimum atomic E-state index is 0.278. The maximum atomic E-state index is 9.03. The van der Waals surface area contributed by atoms with E-state index in [1.807, 2.05) is 12.1 Å². The predicted octanol–water partition coefficient (Wildman–Crippen LogP) is 2.24. The van der Waals surface area contributed by atoms with Crippen molar-refractivity contribution in [1.82, 2.24) is 0 Å². The fourth-order valence-electron chi connectivity index (χ4n) is 1.11. The number of rotatable bonds is 1. The first-order chi connectivity index (χ1) is 7.74. The zero-order chi connectivity index (χ0) is 11.8. The van der Waals surface area contributed by atoms with E-state index < -0.39 is 0 Å². The van der Waals surface area contributed by atoms with E-state index in [0.29, 0.717) is 12.3 Å². The Morgan fingerprint density at radius 1 is 0.812 bits per heavy atom. The largest absolute Gasteiger partial charge is 0.508 e. The molecule has 0 radical (unpaired) electrons. The summed E-state index contributed by atoms with van der Waals surface area (Å²) in [5.74, 6) is 0.600. The second kappa shape index (κ2) is 6.48. The molecule has 0 unspecified atom stereocenters. The number of para-hydroxylation sites is 2. The second-order valence-electron chi connectivity index (χ2n) is 3.17. The van der Waals surface area contributed by atoms with Gasteiger partial charge in [-0.2, -0.15) is 0 Å². The van der Waals surface area contributed by atoms with Gasteiger partial charge in [-0.05, 0) is 18.2 Å². The Hall–Kier alpha value is -2.00. The van der Waals surface area contributed by atoms with Gasteiger partial charge in [0.15, 0.2) is 0 Å². The van der Waals surface area contributed by atoms with E-state index in [9.17, 15) is 0 Å². The third-order valence-electron chi connectivity index (χ3n) is 1.97. The van der Waals surface area contributed by atoms with Crippen LogP contribution in [0.3, 0.4) is 0 Å². The minimum Gasteiger partial charge on any atom is -0.508 e. The molecule has 0 saturated heterocycles. The zero-order valence-corrected chi connectivity index (χ0v) is 8.88. The molecule has 16 heavy (non-hydrogen) atoms. The molecule has 0 aromatic heterocycles. The van der Waals surface area contributed by atoms with Gasteiger partial charge in [0.2, 0.25) is 0 Å². The molecule has 0 heterocycles. The van der Waals surface area contributed by atoms with Crippen molar-refractivity contribution in [2.45, 2.75) is 6.54 Å². The van der Waals surface area contributed by atoms with Crippen LogP contribution in [0.25, 0.3) is 0 Å². The maximum Gasteiger partial charge on any atom is 0.120 e. The number of aromatic hydroxyl groups is 2. The summed E-state index contributed by atoms with van der Waals surface area (Å²) in [7, 11) is 0. The van der Waals surface area contributed by atoms with E-state index in [-0.39, 0.29) is 5.75 Å². The average Bonchev–Trinajstić information content (AvgIpc) is 2.31. The molecule has 0 bridgehead atoms. The molecule has 0 aliphatic rings. The first kappa shape index (κ1) is 12.1. The third-order valence-corrected chi connectivity index (χ3v) is 1.97. The molecule has 2 aromatic carbocycles. The van der Waals surface area contributed by atoms with E-state index in [4.69, 9.17) is 15.9 Å². The summed E-state index contributed by atoms with van der Waals surface area (Å²) in [5.41, 5.74) is 6.08. The fourth-order valence-corrected chi connectivity index (χ4v) is 1.11. The number of phenols is 2. The summed E-state index contributed by atoms with van der Waals surface area (Å²) in [6.07, 6.45) is 0. The summed E-state index contributed by atoms with van der Waals surface area (Å²) < 4.78 is 0. The molecule has 0 fully saturated rings. The molecule has 4 N–H and O–H groups in total. The predicted molar refractivity (Wildman–Crippen MR) is 64.1 cm³/mol. The SMILES string of the molecule is NCc1ccccc1O.Oc1ccccc1. The van der Waals surface area contributed by atoms with Gasteiger partial charge in [-0.25, -0.2) is 0 Å². The van der Waals surface area contributed by atoms with Crippen molar-refractivity contribution >= 4 is 0 Å². The van der Waals surface area contributed by atoms with Crippen molar-refractivity contribution in [2.75, 3.05) is 0 Å². The Balaban J connectivity index is 0.000000165. The molecule has 0 saturated carbocycles. The van der Waals surface area contributed by atoms with Crippen LogP contribution in [0.2, 0.25) is 0 Å². The highest BCUT2D eigenvalue weighted by Gasteiger charge is 1.92. The van der Waals surface area contributed by atoms with Gasteiger partial charge in [0.05, 0.1) is 0 Å². The minimum absolute atomic E-state index is 0.278. The number of benzene rings is 2. The zero-order valence-electron chi connectivity index (χ0n) is 8.88. The van der Waals surface area contributed by atoms with Gasteiger partial charge >= 0.3 is 0 Å². The third kappa shape index (κ3) is 4.02. The molecule has 84 valence electrons. The van der Waals surface area contributed by atoms with Gasteiger partial charge in [-0.3, -0.25) is 0 Å². The Labute approximate surface area is 94.8 Å². The van der Waals surface area contributed by atoms with Crippen LogP contribution < -0.4 is 5.73 Å². The van der Waals surface area contributed by atoms with E-state index in [1.165, 1.54) is 0 Å². The molecule has 0 spiro atoms. The van der Waals surface area contributed by atoms with Gasteiger partial charge in [0.25, 0.3) is 0 Å². The standard InChI is InChI=1S/C7H9NO.C6H6O/c8-5-6-3-1-2-4-7(6)9;7-6-4-2-1-3-5-6/h1-4,9H,5,8H2;1-5,7H. The van der Waals surface area contributed by atoms with E-state index in [2.05, 4.69) is 0 Å². The lowest BCUT2D eigenvalue weighted by atomic mass is 10.2. The van der Waals surface area contributed by atoms with E-state index in [1.54, 1.807) is 42.5 Å². The number of hydrogen-bond donors (Lipinski definition) is 3. The van der Waals surface area contributed by atoms with Crippen molar-refractivity contribution < 1.29 is 10.2 Å². The Kier molecular flexibility index (Phi) is 4.89. The van der Waals surface area contributed by atoms with Crippen LogP contribution in [-0.2, 0) is 6.54 Å².